The van der Waals surface area contributed by atoms with Gasteiger partial charge in [-0.15, -0.1) is 10.2 Å². The molecule has 2 fully saturated rings. The van der Waals surface area contributed by atoms with E-state index in [2.05, 4.69) is 35.5 Å². The van der Waals surface area contributed by atoms with Crippen molar-refractivity contribution in [2.45, 2.75) is 48.3 Å². The Morgan fingerprint density at radius 2 is 0.969 bits per heavy atom. The summed E-state index contributed by atoms with van der Waals surface area (Å²) in [7, 11) is 0. The Morgan fingerprint density at radius 3 is 1.39 bits per heavy atom. The summed E-state index contributed by atoms with van der Waals surface area (Å²) in [6, 6.07) is 2.05. The molecule has 64 heavy (non-hydrogen) atoms. The zero-order chi connectivity index (χ0) is 46.1. The van der Waals surface area contributed by atoms with Gasteiger partial charge in [-0.3, -0.25) is 0 Å². The molecule has 10 nitrogen and oxygen atoms in total. The predicted octanol–water partition coefficient (Wildman–Crippen LogP) is 8.15. The number of aromatic nitrogens is 8. The van der Waals surface area contributed by atoms with Crippen molar-refractivity contribution in [3.8, 4) is 22.3 Å². The third-order valence-electron chi connectivity index (χ3n) is 9.71. The number of hydrogen-bond donors (Lipinski definition) is 1. The number of anilines is 1. The van der Waals surface area contributed by atoms with E-state index in [1.165, 1.54) is 32.9 Å². The zero-order valence-electron chi connectivity index (χ0n) is 32.5. The quantitative estimate of drug-likeness (QED) is 0.104. The molecule has 348 valence electrons. The van der Waals surface area contributed by atoms with Crippen LogP contribution in [0.4, 0.5) is 58.5 Å². The van der Waals surface area contributed by atoms with Gasteiger partial charge in [-0.05, 0) is 51.3 Å². The van der Waals surface area contributed by atoms with Crippen molar-refractivity contribution in [3.63, 3.8) is 0 Å². The van der Waals surface area contributed by atoms with Crippen molar-refractivity contribution in [1.82, 2.24) is 44.5 Å². The Bertz CT molecular complexity index is 2570. The summed E-state index contributed by atoms with van der Waals surface area (Å²) in [5.74, 6) is -9.31. The number of alkyl halides is 6. The van der Waals surface area contributed by atoms with Crippen LogP contribution in [0.1, 0.15) is 25.7 Å². The number of nitrogens with one attached hydrogen (secondary N) is 1. The molecule has 0 radical (unpaired) electrons. The molecule has 2 aliphatic rings. The van der Waals surface area contributed by atoms with Crippen LogP contribution in [0.25, 0.3) is 33.8 Å². The van der Waals surface area contributed by atoms with Gasteiger partial charge < -0.3 is 22.6 Å². The smallest absolute Gasteiger partial charge is 0.391 e. The van der Waals surface area contributed by atoms with Gasteiger partial charge in [0.1, 0.15) is 56.2 Å². The van der Waals surface area contributed by atoms with Crippen molar-refractivity contribution in [3.05, 3.63) is 74.6 Å². The summed E-state index contributed by atoms with van der Waals surface area (Å²) in [6.45, 7) is 0.880. The fourth-order valence-corrected chi connectivity index (χ4v) is 8.21. The third kappa shape index (κ3) is 11.3. The maximum absolute atomic E-state index is 14.6. The van der Waals surface area contributed by atoms with Crippen LogP contribution >= 0.6 is 58.3 Å². The number of piperidine rings is 2. The lowest BCUT2D eigenvalue weighted by Gasteiger charge is -2.35. The second-order valence-corrected chi connectivity index (χ2v) is 16.3. The first-order chi connectivity index (χ1) is 29.6. The molecular formula is C36H29Cl4F12N10S2-. The Kier molecular flexibility index (Phi) is 16.7. The molecule has 1 N–H and O–H groups in total. The summed E-state index contributed by atoms with van der Waals surface area (Å²) >= 11 is 20.8. The summed E-state index contributed by atoms with van der Waals surface area (Å²) in [5, 5.41) is 11.0. The van der Waals surface area contributed by atoms with Gasteiger partial charge in [0.2, 0.25) is 10.3 Å². The fraction of sp³-hybridized carbons (Fsp3) is 0.389. The van der Waals surface area contributed by atoms with E-state index in [-0.39, 0.29) is 100 Å². The Balaban J connectivity index is 0.000000203. The average Bonchev–Trinajstić information content (AvgIpc) is 3.82. The molecule has 2 saturated heterocycles. The molecule has 0 spiro atoms. The highest BCUT2D eigenvalue weighted by molar-refractivity contribution is 7.98. The highest BCUT2D eigenvalue weighted by Crippen LogP contribution is 2.43. The lowest BCUT2D eigenvalue weighted by molar-refractivity contribution is -0.180. The van der Waals surface area contributed by atoms with Crippen molar-refractivity contribution in [2.75, 3.05) is 43.6 Å². The summed E-state index contributed by atoms with van der Waals surface area (Å²) in [4.78, 5) is 17.7. The van der Waals surface area contributed by atoms with E-state index in [1.807, 2.05) is 0 Å². The van der Waals surface area contributed by atoms with Crippen molar-refractivity contribution >= 4 is 75.7 Å². The van der Waals surface area contributed by atoms with Crippen LogP contribution in [0, 0.1) is 46.7 Å². The minimum Gasteiger partial charge on any atom is -1.00 e. The number of fused-ring (bicyclic) bond motifs is 2. The maximum Gasteiger partial charge on any atom is 0.391 e. The number of thioether (sulfide) groups is 2. The molecule has 0 aliphatic carbocycles. The highest BCUT2D eigenvalue weighted by Gasteiger charge is 2.42. The lowest BCUT2D eigenvalue weighted by atomic mass is 9.95. The molecule has 0 bridgehead atoms. The average molecular weight is 1040 g/mol. The summed E-state index contributed by atoms with van der Waals surface area (Å²) < 4.78 is 161. The first kappa shape index (κ1) is 51.3. The third-order valence-corrected chi connectivity index (χ3v) is 11.7. The summed E-state index contributed by atoms with van der Waals surface area (Å²) in [5.41, 5.74) is -1.67. The van der Waals surface area contributed by atoms with Gasteiger partial charge in [0.05, 0.1) is 34.1 Å². The number of hydrogen-bond acceptors (Lipinski definition) is 10. The van der Waals surface area contributed by atoms with Crippen LogP contribution in [0.2, 0.25) is 15.5 Å². The van der Waals surface area contributed by atoms with Gasteiger partial charge in [0, 0.05) is 37.4 Å². The monoisotopic (exact) mass is 1030 g/mol. The highest BCUT2D eigenvalue weighted by atomic mass is 35.5. The molecule has 28 heteroatoms. The zero-order valence-corrected chi connectivity index (χ0v) is 37.2. The Labute approximate surface area is 384 Å². The fourth-order valence-electron chi connectivity index (χ4n) is 6.68. The second-order valence-electron chi connectivity index (χ2n) is 13.6. The van der Waals surface area contributed by atoms with E-state index in [9.17, 15) is 52.7 Å². The van der Waals surface area contributed by atoms with E-state index < -0.39 is 70.2 Å². The van der Waals surface area contributed by atoms with E-state index in [0.29, 0.717) is 42.5 Å². The summed E-state index contributed by atoms with van der Waals surface area (Å²) in [6.07, 6.45) is -4.83. The number of rotatable bonds is 5. The van der Waals surface area contributed by atoms with E-state index >= 15 is 0 Å². The molecule has 0 saturated carbocycles. The molecule has 2 aromatic carbocycles. The number of halogens is 16. The minimum atomic E-state index is -4.34. The largest absolute Gasteiger partial charge is 1.00 e. The maximum atomic E-state index is 14.6. The molecule has 0 atom stereocenters. The molecular weight excluding hydrogens is 1010 g/mol. The molecule has 6 aromatic rings. The SMILES string of the molecule is CSc1nc2nc(Cl)c(-c3c(F)cc(F)cc3F)c(Cl)n2n1.CSc1nc2nc(Cl)c(-c3c(F)cc(F)cc3F)c(N3CCC(C(F)(F)F)CC3)n2n1.FC(F)(F)C1CCNCC1.[Cl-]. The predicted molar refractivity (Wildman–Crippen MR) is 213 cm³/mol. The van der Waals surface area contributed by atoms with Gasteiger partial charge in [0.25, 0.3) is 11.6 Å². The van der Waals surface area contributed by atoms with Crippen LogP contribution in [-0.2, 0) is 0 Å². The van der Waals surface area contributed by atoms with Gasteiger partial charge in [0.15, 0.2) is 0 Å². The molecule has 8 rings (SSSR count). The van der Waals surface area contributed by atoms with Crippen LogP contribution in [-0.4, -0.2) is 90.2 Å². The Hall–Kier alpha value is -3.68. The number of nitrogens with zero attached hydrogens (tertiary/aromatic N) is 9. The van der Waals surface area contributed by atoms with Crippen LogP contribution in [0.3, 0.4) is 0 Å². The molecule has 4 aromatic heterocycles. The van der Waals surface area contributed by atoms with E-state index in [0.717, 1.165) is 4.52 Å². The van der Waals surface area contributed by atoms with E-state index in [1.54, 1.807) is 12.5 Å². The topological polar surface area (TPSA) is 101 Å². The standard InChI is InChI=1S/C18H14ClF6N5S.C12H5Cl2F3N4S.C6H10F3N.ClH/c1-31-17-27-16-26-14(19)13(12-10(21)6-9(20)7-11(12)22)15(30(16)28-17)29-4-2-8(3-5-29)18(23,24)25;1-22-12-19-11-18-9(13)8(10(14)21(11)20-12)7-5(16)2-4(15)3-6(7)17;7-6(8,9)5-1-3-10-4-2-5;/h6-8H,2-5H2,1H3;2-3H,1H3;5,10H,1-4H2;1H/p-1. The normalized spacial score (nSPS) is 15.2. The van der Waals surface area contributed by atoms with Crippen LogP contribution in [0.15, 0.2) is 34.6 Å². The molecule has 2 aliphatic heterocycles. The van der Waals surface area contributed by atoms with Crippen LogP contribution in [0.5, 0.6) is 0 Å². The molecule has 0 unspecified atom stereocenters. The van der Waals surface area contributed by atoms with Crippen molar-refractivity contribution < 1.29 is 65.1 Å². The van der Waals surface area contributed by atoms with Gasteiger partial charge in [-0.25, -0.2) is 26.3 Å². The lowest BCUT2D eigenvalue weighted by Crippen LogP contribution is -3.00. The number of benzene rings is 2. The Morgan fingerprint density at radius 1 is 0.578 bits per heavy atom. The van der Waals surface area contributed by atoms with Crippen molar-refractivity contribution in [2.24, 2.45) is 11.8 Å². The molecule has 6 heterocycles. The second kappa shape index (κ2) is 20.9. The van der Waals surface area contributed by atoms with Gasteiger partial charge in [-0.2, -0.15) is 55.3 Å². The first-order valence-corrected chi connectivity index (χ1v) is 21.8. The van der Waals surface area contributed by atoms with Crippen LogP contribution < -0.4 is 22.6 Å². The van der Waals surface area contributed by atoms with Gasteiger partial charge in [-0.1, -0.05) is 58.3 Å². The van der Waals surface area contributed by atoms with Gasteiger partial charge >= 0.3 is 12.4 Å². The molecule has 0 amide bonds. The minimum absolute atomic E-state index is 0. The first-order valence-electron chi connectivity index (χ1n) is 18.2. The van der Waals surface area contributed by atoms with Crippen molar-refractivity contribution in [1.29, 1.82) is 0 Å². The van der Waals surface area contributed by atoms with E-state index in [4.69, 9.17) is 34.8 Å².